The van der Waals surface area contributed by atoms with Gasteiger partial charge in [-0.25, -0.2) is 4.98 Å². The number of aliphatic hydroxyl groups is 1. The van der Waals surface area contributed by atoms with Crippen LogP contribution in [0.2, 0.25) is 0 Å². The second-order valence-corrected chi connectivity index (χ2v) is 4.93. The molecule has 0 unspecified atom stereocenters. The molecule has 1 heterocycles. The van der Waals surface area contributed by atoms with Crippen molar-refractivity contribution in [1.29, 1.82) is 0 Å². The molecule has 2 N–H and O–H groups in total. The number of carbonyl (C=O) groups excluding carboxylic acids is 2. The van der Waals surface area contributed by atoms with Gasteiger partial charge in [-0.1, -0.05) is 6.07 Å². The summed E-state index contributed by atoms with van der Waals surface area (Å²) in [4.78, 5) is 25.9. The third kappa shape index (κ3) is 5.48. The SMILES string of the molecule is COC.O=CNc1ccc(-c2cc(C=O)nc(CO)c2)c(S)c1. The number of amides is 1. The summed E-state index contributed by atoms with van der Waals surface area (Å²) in [5.41, 5.74) is 2.79. The van der Waals surface area contributed by atoms with E-state index in [1.54, 1.807) is 44.6 Å². The molecule has 2 rings (SSSR count). The number of thiol groups is 1. The van der Waals surface area contributed by atoms with Crippen molar-refractivity contribution in [1.82, 2.24) is 4.98 Å². The lowest BCUT2D eigenvalue weighted by atomic mass is 10.0. The van der Waals surface area contributed by atoms with E-state index < -0.39 is 0 Å². The zero-order chi connectivity index (χ0) is 17.2. The minimum Gasteiger partial charge on any atom is -0.390 e. The summed E-state index contributed by atoms with van der Waals surface area (Å²) < 4.78 is 4.25. The Morgan fingerprint density at radius 1 is 1.26 bits per heavy atom. The number of nitrogens with zero attached hydrogens (tertiary/aromatic N) is 1. The van der Waals surface area contributed by atoms with Crippen molar-refractivity contribution in [2.45, 2.75) is 11.5 Å². The molecule has 0 radical (unpaired) electrons. The van der Waals surface area contributed by atoms with E-state index in [0.717, 1.165) is 11.1 Å². The molecule has 0 bridgehead atoms. The summed E-state index contributed by atoms with van der Waals surface area (Å²) in [6, 6.07) is 8.51. The van der Waals surface area contributed by atoms with Crippen LogP contribution in [0.1, 0.15) is 16.2 Å². The average molecular weight is 334 g/mol. The lowest BCUT2D eigenvalue weighted by Crippen LogP contribution is -1.97. The number of anilines is 1. The molecule has 0 spiro atoms. The lowest BCUT2D eigenvalue weighted by molar-refractivity contribution is -0.105. The van der Waals surface area contributed by atoms with Gasteiger partial charge in [-0.2, -0.15) is 0 Å². The van der Waals surface area contributed by atoms with Gasteiger partial charge in [0.25, 0.3) is 0 Å². The van der Waals surface area contributed by atoms with Crippen LogP contribution in [0.5, 0.6) is 0 Å². The highest BCUT2D eigenvalue weighted by molar-refractivity contribution is 7.80. The summed E-state index contributed by atoms with van der Waals surface area (Å²) >= 11 is 4.37. The Bertz CT molecular complexity index is 677. The van der Waals surface area contributed by atoms with Crippen molar-refractivity contribution in [3.8, 4) is 11.1 Å². The number of rotatable bonds is 5. The van der Waals surface area contributed by atoms with Crippen LogP contribution in [0.25, 0.3) is 11.1 Å². The number of ether oxygens (including phenoxy) is 1. The number of methoxy groups -OCH3 is 1. The topological polar surface area (TPSA) is 88.5 Å². The van der Waals surface area contributed by atoms with Crippen LogP contribution in [0.3, 0.4) is 0 Å². The molecule has 0 fully saturated rings. The quantitative estimate of drug-likeness (QED) is 0.576. The van der Waals surface area contributed by atoms with E-state index in [4.69, 9.17) is 5.11 Å². The van der Waals surface area contributed by atoms with Crippen LogP contribution in [0.15, 0.2) is 35.2 Å². The summed E-state index contributed by atoms with van der Waals surface area (Å²) in [5, 5.41) is 11.7. The summed E-state index contributed by atoms with van der Waals surface area (Å²) in [6.45, 7) is -0.249. The zero-order valence-electron chi connectivity index (χ0n) is 12.8. The molecule has 1 aromatic heterocycles. The van der Waals surface area contributed by atoms with Gasteiger partial charge < -0.3 is 15.2 Å². The minimum atomic E-state index is -0.249. The Morgan fingerprint density at radius 3 is 2.48 bits per heavy atom. The molecule has 0 saturated heterocycles. The largest absolute Gasteiger partial charge is 0.390 e. The van der Waals surface area contributed by atoms with Gasteiger partial charge in [-0.05, 0) is 35.4 Å². The van der Waals surface area contributed by atoms with Crippen molar-refractivity contribution in [3.05, 3.63) is 41.7 Å². The Labute approximate surface area is 139 Å². The second kappa shape index (κ2) is 9.73. The number of hydrogen-bond acceptors (Lipinski definition) is 6. The molecule has 0 aliphatic rings. The highest BCUT2D eigenvalue weighted by Crippen LogP contribution is 2.29. The molecule has 7 heteroatoms. The summed E-state index contributed by atoms with van der Waals surface area (Å²) in [6.07, 6.45) is 1.21. The van der Waals surface area contributed by atoms with E-state index in [0.29, 0.717) is 29.0 Å². The van der Waals surface area contributed by atoms with Gasteiger partial charge in [0.2, 0.25) is 6.41 Å². The molecule has 23 heavy (non-hydrogen) atoms. The predicted octanol–water partition coefficient (Wildman–Crippen LogP) is 2.17. The number of carbonyl (C=O) groups is 2. The third-order valence-electron chi connectivity index (χ3n) is 2.72. The number of aldehydes is 1. The lowest BCUT2D eigenvalue weighted by Gasteiger charge is -2.09. The third-order valence-corrected chi connectivity index (χ3v) is 3.09. The van der Waals surface area contributed by atoms with Crippen LogP contribution in [-0.2, 0) is 16.1 Å². The molecule has 122 valence electrons. The highest BCUT2D eigenvalue weighted by atomic mass is 32.1. The minimum absolute atomic E-state index is 0.245. The van der Waals surface area contributed by atoms with Crippen LogP contribution in [0.4, 0.5) is 5.69 Å². The van der Waals surface area contributed by atoms with Crippen molar-refractivity contribution in [2.75, 3.05) is 19.5 Å². The summed E-state index contributed by atoms with van der Waals surface area (Å²) in [7, 11) is 3.25. The monoisotopic (exact) mass is 334 g/mol. The fraction of sp³-hybridized carbons (Fsp3) is 0.188. The first-order chi connectivity index (χ1) is 11.1. The maximum atomic E-state index is 10.9. The van der Waals surface area contributed by atoms with Crippen LogP contribution < -0.4 is 5.32 Å². The molecule has 6 nitrogen and oxygen atoms in total. The van der Waals surface area contributed by atoms with Crippen LogP contribution >= 0.6 is 12.6 Å². The Hall–Kier alpha value is -2.22. The Morgan fingerprint density at radius 2 is 1.96 bits per heavy atom. The van der Waals surface area contributed by atoms with Gasteiger partial charge in [0.1, 0.15) is 5.69 Å². The first-order valence-corrected chi connectivity index (χ1v) is 7.05. The number of hydrogen-bond donors (Lipinski definition) is 3. The van der Waals surface area contributed by atoms with Crippen molar-refractivity contribution in [3.63, 3.8) is 0 Å². The van der Waals surface area contributed by atoms with Gasteiger partial charge in [0.05, 0.1) is 12.3 Å². The smallest absolute Gasteiger partial charge is 0.211 e. The van der Waals surface area contributed by atoms with Crippen molar-refractivity contribution in [2.24, 2.45) is 0 Å². The van der Waals surface area contributed by atoms with Crippen molar-refractivity contribution < 1.29 is 19.4 Å². The average Bonchev–Trinajstić information content (AvgIpc) is 2.55. The molecule has 0 saturated carbocycles. The zero-order valence-corrected chi connectivity index (χ0v) is 13.7. The number of benzene rings is 1. The van der Waals surface area contributed by atoms with Crippen LogP contribution in [0, 0.1) is 0 Å². The van der Waals surface area contributed by atoms with Crippen molar-refractivity contribution >= 4 is 31.0 Å². The molecular formula is C16H18N2O4S. The molecular weight excluding hydrogens is 316 g/mol. The van der Waals surface area contributed by atoms with E-state index in [2.05, 4.69) is 27.7 Å². The fourth-order valence-corrected chi connectivity index (χ4v) is 2.18. The predicted molar refractivity (Wildman–Crippen MR) is 90.9 cm³/mol. The number of nitrogens with one attached hydrogen (secondary N) is 1. The van der Waals surface area contributed by atoms with Gasteiger partial charge >= 0.3 is 0 Å². The second-order valence-electron chi connectivity index (χ2n) is 4.45. The number of aromatic nitrogens is 1. The van der Waals surface area contributed by atoms with Gasteiger partial charge in [0, 0.05) is 24.8 Å². The van der Waals surface area contributed by atoms with E-state index in [9.17, 15) is 9.59 Å². The molecule has 1 amide bonds. The first-order valence-electron chi connectivity index (χ1n) is 6.60. The normalized spacial score (nSPS) is 9.57. The Balaban J connectivity index is 0.000000816. The number of pyridine rings is 1. The Kier molecular flexibility index (Phi) is 7.96. The maximum Gasteiger partial charge on any atom is 0.211 e. The molecule has 2 aromatic rings. The van der Waals surface area contributed by atoms with Crippen LogP contribution in [-0.4, -0.2) is 37.0 Å². The molecule has 0 atom stereocenters. The first kappa shape index (κ1) is 18.8. The molecule has 0 aliphatic heterocycles. The maximum absolute atomic E-state index is 10.9. The highest BCUT2D eigenvalue weighted by Gasteiger charge is 2.08. The van der Waals surface area contributed by atoms with Gasteiger partial charge in [-0.15, -0.1) is 12.6 Å². The van der Waals surface area contributed by atoms with E-state index in [1.807, 2.05) is 0 Å². The van der Waals surface area contributed by atoms with Gasteiger partial charge in [-0.3, -0.25) is 9.59 Å². The summed E-state index contributed by atoms with van der Waals surface area (Å²) in [5.74, 6) is 0. The van der Waals surface area contributed by atoms with Gasteiger partial charge in [0.15, 0.2) is 6.29 Å². The van der Waals surface area contributed by atoms with E-state index in [1.165, 1.54) is 0 Å². The van der Waals surface area contributed by atoms with E-state index in [-0.39, 0.29) is 12.3 Å². The molecule has 0 aliphatic carbocycles. The standard InChI is InChI=1S/C14H12N2O3S.C2H6O/c17-6-11-3-9(4-12(7-18)16-11)13-2-1-10(15-8-19)5-14(13)20;1-3-2/h1-6,8,18,20H,7H2,(H,15,19);1-2H3. The fourth-order valence-electron chi connectivity index (χ4n) is 1.84. The number of aliphatic hydroxyl groups excluding tert-OH is 1. The molecule has 1 aromatic carbocycles. The van der Waals surface area contributed by atoms with E-state index >= 15 is 0 Å².